The van der Waals surface area contributed by atoms with Crippen LogP contribution in [-0.4, -0.2) is 35.6 Å². The Bertz CT molecular complexity index is 1630. The van der Waals surface area contributed by atoms with Crippen LogP contribution < -0.4 is 9.64 Å². The molecule has 4 aromatic rings. The van der Waals surface area contributed by atoms with Crippen LogP contribution in [0.25, 0.3) is 16.8 Å². The highest BCUT2D eigenvalue weighted by molar-refractivity contribution is 14.1. The van der Waals surface area contributed by atoms with E-state index in [9.17, 15) is 4.79 Å². The molecule has 2 aliphatic rings. The summed E-state index contributed by atoms with van der Waals surface area (Å²) in [6.07, 6.45) is 5.78. The van der Waals surface area contributed by atoms with Crippen LogP contribution >= 0.6 is 34.4 Å². The standard InChI is InChI=1S/C34H32IN3O2S/c1-2-38-33(39)32(41-34(38)36-28-13-15-29(16-14-28)37-18-6-3-7-19-37)22-24-11-17-31(30(35)21-24)40-23-25-10-12-26-8-4-5-9-27(26)20-25/h4-5,8-17,20-22H,2-3,6-7,18-19,23H2,1H3/b32-22-,36-34?. The summed E-state index contributed by atoms with van der Waals surface area (Å²) >= 11 is 3.74. The first-order chi connectivity index (χ1) is 20.1. The molecule has 2 aliphatic heterocycles. The number of aliphatic imine (C=N–C) groups is 1. The molecule has 4 aromatic carbocycles. The molecule has 0 atom stereocenters. The molecule has 6 rings (SSSR count). The Morgan fingerprint density at radius 1 is 0.927 bits per heavy atom. The number of fused-ring (bicyclic) bond motifs is 1. The minimum Gasteiger partial charge on any atom is -0.488 e. The van der Waals surface area contributed by atoms with Crippen LogP contribution in [0.1, 0.15) is 37.3 Å². The number of halogens is 1. The van der Waals surface area contributed by atoms with Gasteiger partial charge in [0.25, 0.3) is 5.91 Å². The van der Waals surface area contributed by atoms with E-state index in [2.05, 4.69) is 100 Å². The van der Waals surface area contributed by atoms with Crippen LogP contribution in [0.15, 0.2) is 94.8 Å². The van der Waals surface area contributed by atoms with Crippen molar-refractivity contribution in [1.82, 2.24) is 4.90 Å². The normalized spacial score (nSPS) is 17.7. The number of piperidine rings is 1. The summed E-state index contributed by atoms with van der Waals surface area (Å²) in [6, 6.07) is 29.2. The van der Waals surface area contributed by atoms with E-state index in [1.807, 2.05) is 25.1 Å². The summed E-state index contributed by atoms with van der Waals surface area (Å²) in [5.74, 6) is 0.824. The fourth-order valence-electron chi connectivity index (χ4n) is 5.24. The summed E-state index contributed by atoms with van der Waals surface area (Å²) in [5.41, 5.74) is 4.21. The molecule has 0 saturated carbocycles. The Morgan fingerprint density at radius 2 is 1.71 bits per heavy atom. The molecule has 5 nitrogen and oxygen atoms in total. The quantitative estimate of drug-likeness (QED) is 0.146. The number of rotatable bonds is 7. The molecule has 0 aliphatic carbocycles. The number of thioether (sulfide) groups is 1. The summed E-state index contributed by atoms with van der Waals surface area (Å²) in [6.45, 7) is 5.30. The zero-order chi connectivity index (χ0) is 28.2. The molecule has 0 unspecified atom stereocenters. The number of carbonyl (C=O) groups excluding carboxylic acids is 1. The van der Waals surface area contributed by atoms with E-state index >= 15 is 0 Å². The van der Waals surface area contributed by atoms with Crippen LogP contribution in [0.4, 0.5) is 11.4 Å². The van der Waals surface area contributed by atoms with Gasteiger partial charge in [-0.25, -0.2) is 4.99 Å². The fraction of sp³-hybridized carbons (Fsp3) is 0.235. The second-order valence-corrected chi connectivity index (χ2v) is 12.4. The number of carbonyl (C=O) groups is 1. The third kappa shape index (κ3) is 6.46. The second-order valence-electron chi connectivity index (χ2n) is 10.3. The molecule has 0 spiro atoms. The Labute approximate surface area is 259 Å². The van der Waals surface area contributed by atoms with Crippen LogP contribution in [-0.2, 0) is 11.4 Å². The lowest BCUT2D eigenvalue weighted by Crippen LogP contribution is -2.29. The number of amidine groups is 1. The molecule has 0 bridgehead atoms. The van der Waals surface area contributed by atoms with Gasteiger partial charge in [-0.05, 0) is 131 Å². The van der Waals surface area contributed by atoms with Crippen molar-refractivity contribution in [2.24, 2.45) is 4.99 Å². The number of benzene rings is 4. The highest BCUT2D eigenvalue weighted by atomic mass is 127. The predicted octanol–water partition coefficient (Wildman–Crippen LogP) is 8.64. The molecule has 208 valence electrons. The van der Waals surface area contributed by atoms with Crippen LogP contribution in [0.2, 0.25) is 0 Å². The van der Waals surface area contributed by atoms with E-state index < -0.39 is 0 Å². The van der Waals surface area contributed by atoms with E-state index in [0.717, 1.165) is 44.4 Å². The number of ether oxygens (including phenoxy) is 1. The van der Waals surface area contributed by atoms with Gasteiger partial charge in [-0.3, -0.25) is 9.69 Å². The number of nitrogens with zero attached hydrogens (tertiary/aromatic N) is 3. The monoisotopic (exact) mass is 673 g/mol. The Balaban J connectivity index is 1.14. The van der Waals surface area contributed by atoms with Gasteiger partial charge in [0.05, 0.1) is 14.2 Å². The van der Waals surface area contributed by atoms with E-state index in [0.29, 0.717) is 18.1 Å². The van der Waals surface area contributed by atoms with Gasteiger partial charge < -0.3 is 9.64 Å². The predicted molar refractivity (Wildman–Crippen MR) is 180 cm³/mol. The molecule has 0 N–H and O–H groups in total. The molecule has 0 aromatic heterocycles. The smallest absolute Gasteiger partial charge is 0.266 e. The van der Waals surface area contributed by atoms with Gasteiger partial charge in [-0.15, -0.1) is 0 Å². The lowest BCUT2D eigenvalue weighted by atomic mass is 10.1. The first-order valence-corrected chi connectivity index (χ1v) is 16.0. The first-order valence-electron chi connectivity index (χ1n) is 14.1. The van der Waals surface area contributed by atoms with Crippen molar-refractivity contribution in [3.8, 4) is 5.75 Å². The number of likely N-dealkylation sites (N-methyl/N-ethyl adjacent to an activating group) is 1. The molecular weight excluding hydrogens is 641 g/mol. The van der Waals surface area contributed by atoms with Gasteiger partial charge >= 0.3 is 0 Å². The van der Waals surface area contributed by atoms with Crippen LogP contribution in [0.5, 0.6) is 5.75 Å². The number of anilines is 1. The van der Waals surface area contributed by atoms with Crippen molar-refractivity contribution in [2.75, 3.05) is 24.5 Å². The molecule has 2 saturated heterocycles. The van der Waals surface area contributed by atoms with Crippen molar-refractivity contribution in [1.29, 1.82) is 0 Å². The maximum atomic E-state index is 13.2. The molecule has 41 heavy (non-hydrogen) atoms. The number of amides is 1. The Kier molecular flexibility index (Phi) is 8.62. The SMILES string of the molecule is CCN1C(=O)/C(=C/c2ccc(OCc3ccc4ccccc4c3)c(I)c2)SC1=Nc1ccc(N2CCCCC2)cc1. The van der Waals surface area contributed by atoms with E-state index in [-0.39, 0.29) is 5.91 Å². The molecule has 2 heterocycles. The summed E-state index contributed by atoms with van der Waals surface area (Å²) in [7, 11) is 0. The van der Waals surface area contributed by atoms with E-state index in [1.54, 1.807) is 4.90 Å². The molecule has 7 heteroatoms. The van der Waals surface area contributed by atoms with Gasteiger partial charge in [-0.1, -0.05) is 42.5 Å². The van der Waals surface area contributed by atoms with E-state index in [1.165, 1.54) is 47.5 Å². The van der Waals surface area contributed by atoms with Crippen molar-refractivity contribution in [3.05, 3.63) is 105 Å². The van der Waals surface area contributed by atoms with Crippen LogP contribution in [0, 0.1) is 3.57 Å². The topological polar surface area (TPSA) is 45.1 Å². The minimum atomic E-state index is -0.00664. The van der Waals surface area contributed by atoms with Gasteiger partial charge in [-0.2, -0.15) is 0 Å². The number of hydrogen-bond donors (Lipinski definition) is 0. The average molecular weight is 674 g/mol. The maximum absolute atomic E-state index is 13.2. The number of hydrogen-bond acceptors (Lipinski definition) is 5. The lowest BCUT2D eigenvalue weighted by molar-refractivity contribution is -0.122. The Morgan fingerprint density at radius 3 is 2.46 bits per heavy atom. The summed E-state index contributed by atoms with van der Waals surface area (Å²) < 4.78 is 7.16. The van der Waals surface area contributed by atoms with Crippen LogP contribution in [0.3, 0.4) is 0 Å². The fourth-order valence-corrected chi connectivity index (χ4v) is 6.99. The summed E-state index contributed by atoms with van der Waals surface area (Å²) in [4.78, 5) is 22.9. The second kappa shape index (κ2) is 12.7. The van der Waals surface area contributed by atoms with Crippen molar-refractivity contribution in [3.63, 3.8) is 0 Å². The molecule has 0 radical (unpaired) electrons. The largest absolute Gasteiger partial charge is 0.488 e. The van der Waals surface area contributed by atoms with Gasteiger partial charge in [0.15, 0.2) is 5.17 Å². The molecule has 2 fully saturated rings. The van der Waals surface area contributed by atoms with Gasteiger partial charge in [0.2, 0.25) is 0 Å². The molecular formula is C34H32IN3O2S. The van der Waals surface area contributed by atoms with Crippen molar-refractivity contribution >= 4 is 73.7 Å². The third-order valence-electron chi connectivity index (χ3n) is 7.46. The lowest BCUT2D eigenvalue weighted by Gasteiger charge is -2.28. The first kappa shape index (κ1) is 27.8. The van der Waals surface area contributed by atoms with Gasteiger partial charge in [0.1, 0.15) is 12.4 Å². The van der Waals surface area contributed by atoms with Crippen molar-refractivity contribution < 1.29 is 9.53 Å². The Hall–Kier alpha value is -3.30. The zero-order valence-electron chi connectivity index (χ0n) is 23.1. The summed E-state index contributed by atoms with van der Waals surface area (Å²) in [5, 5.41) is 3.16. The average Bonchev–Trinajstić information content (AvgIpc) is 3.30. The maximum Gasteiger partial charge on any atom is 0.266 e. The zero-order valence-corrected chi connectivity index (χ0v) is 26.0. The highest BCUT2D eigenvalue weighted by Gasteiger charge is 2.32. The van der Waals surface area contributed by atoms with Crippen molar-refractivity contribution in [2.45, 2.75) is 32.8 Å². The third-order valence-corrected chi connectivity index (χ3v) is 9.31. The molecule has 1 amide bonds. The highest BCUT2D eigenvalue weighted by Crippen LogP contribution is 2.35. The van der Waals surface area contributed by atoms with Gasteiger partial charge in [0, 0.05) is 25.3 Å². The van der Waals surface area contributed by atoms with E-state index in [4.69, 9.17) is 9.73 Å². The minimum absolute atomic E-state index is 0.00664.